The van der Waals surface area contributed by atoms with Crippen molar-refractivity contribution in [2.45, 2.75) is 44.7 Å². The molecule has 4 aromatic carbocycles. The van der Waals surface area contributed by atoms with Crippen LogP contribution in [-0.4, -0.2) is 44.3 Å². The van der Waals surface area contributed by atoms with Gasteiger partial charge in [0, 0.05) is 35.1 Å². The normalized spacial score (nSPS) is 12.1. The monoisotopic (exact) mass is 699 g/mol. The number of amides is 2. The summed E-state index contributed by atoms with van der Waals surface area (Å²) in [4.78, 5) is 29.8. The predicted molar refractivity (Wildman–Crippen MR) is 186 cm³/mol. The van der Waals surface area contributed by atoms with Gasteiger partial charge in [-0.15, -0.1) is 0 Å². The van der Waals surface area contributed by atoms with E-state index in [1.165, 1.54) is 23.1 Å². The standard InChI is InChI=1S/C35H36Cl3N3O4S/c1-24(2)21-39-35(43)33(20-26-10-5-4-6-11-26)40(22-28-29(36)13-9-14-30(28)37)34(42)23-41(32-15-8-7-12-31(32)38)46(44,45)27-18-16-25(3)17-19-27/h4-19,24,33H,20-23H2,1-3H3,(H,39,43)/t33-/m1/s1. The number of halogens is 3. The zero-order valence-corrected chi connectivity index (χ0v) is 28.9. The van der Waals surface area contributed by atoms with Crippen LogP contribution in [0.2, 0.25) is 15.1 Å². The zero-order chi connectivity index (χ0) is 33.4. The molecule has 0 saturated carbocycles. The molecular formula is C35H36Cl3N3O4S. The van der Waals surface area contributed by atoms with Gasteiger partial charge < -0.3 is 10.2 Å². The number of sulfonamides is 1. The Bertz CT molecular complexity index is 1750. The Morgan fingerprint density at radius 3 is 1.98 bits per heavy atom. The fourth-order valence-electron chi connectivity index (χ4n) is 4.83. The molecule has 1 N–H and O–H groups in total. The topological polar surface area (TPSA) is 86.8 Å². The second-order valence-electron chi connectivity index (χ2n) is 11.3. The Kier molecular flexibility index (Phi) is 12.1. The van der Waals surface area contributed by atoms with E-state index in [2.05, 4.69) is 5.32 Å². The van der Waals surface area contributed by atoms with E-state index in [-0.39, 0.29) is 40.4 Å². The Labute approximate surface area is 286 Å². The number of nitrogens with zero attached hydrogens (tertiary/aromatic N) is 2. The smallest absolute Gasteiger partial charge is 0.264 e. The molecule has 46 heavy (non-hydrogen) atoms. The largest absolute Gasteiger partial charge is 0.354 e. The highest BCUT2D eigenvalue weighted by atomic mass is 35.5. The first kappa shape index (κ1) is 35.3. The molecule has 0 fully saturated rings. The first-order valence-electron chi connectivity index (χ1n) is 14.8. The lowest BCUT2D eigenvalue weighted by atomic mass is 10.0. The lowest BCUT2D eigenvalue weighted by Gasteiger charge is -2.34. The highest BCUT2D eigenvalue weighted by Gasteiger charge is 2.35. The third-order valence-corrected chi connectivity index (χ3v) is 10.2. The molecule has 0 aliphatic carbocycles. The number of nitrogens with one attached hydrogen (secondary N) is 1. The van der Waals surface area contributed by atoms with Crippen LogP contribution in [0.4, 0.5) is 5.69 Å². The molecule has 0 aromatic heterocycles. The quantitative estimate of drug-likeness (QED) is 0.156. The van der Waals surface area contributed by atoms with Crippen molar-refractivity contribution in [3.63, 3.8) is 0 Å². The lowest BCUT2D eigenvalue weighted by Crippen LogP contribution is -2.53. The number of anilines is 1. The molecule has 4 aromatic rings. The second kappa shape index (κ2) is 15.8. The summed E-state index contributed by atoms with van der Waals surface area (Å²) in [5.41, 5.74) is 2.24. The number of hydrogen-bond donors (Lipinski definition) is 1. The summed E-state index contributed by atoms with van der Waals surface area (Å²) in [6.07, 6.45) is 0.162. The van der Waals surface area contributed by atoms with E-state index in [4.69, 9.17) is 34.8 Å². The minimum atomic E-state index is -4.29. The van der Waals surface area contributed by atoms with E-state index >= 15 is 0 Å². The number of carbonyl (C=O) groups excluding carboxylic acids is 2. The number of para-hydroxylation sites is 1. The third kappa shape index (κ3) is 8.82. The van der Waals surface area contributed by atoms with Gasteiger partial charge in [-0.3, -0.25) is 13.9 Å². The third-order valence-electron chi connectivity index (χ3n) is 7.35. The molecule has 2 amide bonds. The number of aryl methyl sites for hydroxylation is 1. The van der Waals surface area contributed by atoms with Crippen molar-refractivity contribution in [2.75, 3.05) is 17.4 Å². The van der Waals surface area contributed by atoms with Crippen LogP contribution < -0.4 is 9.62 Å². The molecule has 0 aliphatic rings. The van der Waals surface area contributed by atoms with Crippen molar-refractivity contribution >= 4 is 62.3 Å². The molecule has 0 spiro atoms. The average molecular weight is 701 g/mol. The van der Waals surface area contributed by atoms with Gasteiger partial charge in [0.15, 0.2) is 0 Å². The van der Waals surface area contributed by atoms with Crippen molar-refractivity contribution in [1.29, 1.82) is 0 Å². The fourth-order valence-corrected chi connectivity index (χ4v) is 7.07. The Morgan fingerprint density at radius 1 is 0.783 bits per heavy atom. The number of carbonyl (C=O) groups is 2. The van der Waals surface area contributed by atoms with Crippen molar-refractivity contribution in [1.82, 2.24) is 10.2 Å². The van der Waals surface area contributed by atoms with Crippen LogP contribution in [0.25, 0.3) is 0 Å². The lowest BCUT2D eigenvalue weighted by molar-refractivity contribution is -0.140. The van der Waals surface area contributed by atoms with E-state index < -0.39 is 28.5 Å². The van der Waals surface area contributed by atoms with Gasteiger partial charge in [-0.05, 0) is 54.8 Å². The molecule has 0 heterocycles. The van der Waals surface area contributed by atoms with Crippen LogP contribution in [0.15, 0.2) is 102 Å². The molecule has 0 unspecified atom stereocenters. The minimum Gasteiger partial charge on any atom is -0.354 e. The van der Waals surface area contributed by atoms with Crippen molar-refractivity contribution in [3.8, 4) is 0 Å². The van der Waals surface area contributed by atoms with E-state index in [0.29, 0.717) is 22.2 Å². The molecule has 7 nitrogen and oxygen atoms in total. The molecule has 0 bridgehead atoms. The first-order chi connectivity index (χ1) is 21.9. The maximum absolute atomic E-state index is 14.6. The molecule has 1 atom stereocenters. The number of benzene rings is 4. The summed E-state index contributed by atoms with van der Waals surface area (Å²) >= 11 is 19.7. The van der Waals surface area contributed by atoms with Crippen LogP contribution in [0.1, 0.15) is 30.5 Å². The molecule has 0 aliphatic heterocycles. The Hall–Kier alpha value is -3.56. The molecular weight excluding hydrogens is 665 g/mol. The predicted octanol–water partition coefficient (Wildman–Crippen LogP) is 7.56. The maximum atomic E-state index is 14.6. The van der Waals surface area contributed by atoms with Gasteiger partial charge in [0.1, 0.15) is 12.6 Å². The summed E-state index contributed by atoms with van der Waals surface area (Å²) in [5, 5.41) is 3.71. The highest BCUT2D eigenvalue weighted by Crippen LogP contribution is 2.32. The van der Waals surface area contributed by atoms with Crippen molar-refractivity contribution in [3.05, 3.63) is 129 Å². The summed E-state index contributed by atoms with van der Waals surface area (Å²) in [6.45, 7) is 5.37. The SMILES string of the molecule is Cc1ccc(S(=O)(=O)N(CC(=O)N(Cc2c(Cl)cccc2Cl)[C@H](Cc2ccccc2)C(=O)NCC(C)C)c2ccccc2Cl)cc1. The van der Waals surface area contributed by atoms with E-state index in [0.717, 1.165) is 15.4 Å². The summed E-state index contributed by atoms with van der Waals surface area (Å²) in [6, 6.07) is 26.0. The first-order valence-corrected chi connectivity index (χ1v) is 17.3. The zero-order valence-electron chi connectivity index (χ0n) is 25.8. The second-order valence-corrected chi connectivity index (χ2v) is 14.4. The molecule has 4 rings (SSSR count). The van der Waals surface area contributed by atoms with E-state index in [1.54, 1.807) is 48.5 Å². The van der Waals surface area contributed by atoms with E-state index in [9.17, 15) is 18.0 Å². The van der Waals surface area contributed by atoms with Crippen molar-refractivity contribution < 1.29 is 18.0 Å². The van der Waals surface area contributed by atoms with Crippen molar-refractivity contribution in [2.24, 2.45) is 5.92 Å². The summed E-state index contributed by atoms with van der Waals surface area (Å²) in [7, 11) is -4.29. The minimum absolute atomic E-state index is 0.0120. The highest BCUT2D eigenvalue weighted by molar-refractivity contribution is 7.92. The Morgan fingerprint density at radius 2 is 1.37 bits per heavy atom. The Balaban J connectivity index is 1.84. The van der Waals surface area contributed by atoms with Crippen LogP contribution in [0.3, 0.4) is 0 Å². The molecule has 0 radical (unpaired) electrons. The van der Waals surface area contributed by atoms with Gasteiger partial charge >= 0.3 is 0 Å². The van der Waals surface area contributed by atoms with Gasteiger partial charge in [0.2, 0.25) is 11.8 Å². The molecule has 11 heteroatoms. The number of hydrogen-bond acceptors (Lipinski definition) is 4. The summed E-state index contributed by atoms with van der Waals surface area (Å²) in [5.74, 6) is -0.883. The van der Waals surface area contributed by atoms with Crippen LogP contribution in [0.5, 0.6) is 0 Å². The van der Waals surface area contributed by atoms with Gasteiger partial charge in [-0.1, -0.05) is 115 Å². The fraction of sp³-hybridized carbons (Fsp3) is 0.257. The molecule has 242 valence electrons. The maximum Gasteiger partial charge on any atom is 0.264 e. The average Bonchev–Trinajstić information content (AvgIpc) is 3.02. The summed E-state index contributed by atoms with van der Waals surface area (Å²) < 4.78 is 29.3. The van der Waals surface area contributed by atoms with Crippen LogP contribution in [0, 0.1) is 12.8 Å². The van der Waals surface area contributed by atoms with Gasteiger partial charge in [-0.25, -0.2) is 8.42 Å². The van der Waals surface area contributed by atoms with Gasteiger partial charge in [-0.2, -0.15) is 0 Å². The van der Waals surface area contributed by atoms with E-state index in [1.807, 2.05) is 51.1 Å². The number of rotatable bonds is 13. The molecule has 0 saturated heterocycles. The van der Waals surface area contributed by atoms with Gasteiger partial charge in [0.25, 0.3) is 10.0 Å². The van der Waals surface area contributed by atoms with Gasteiger partial charge in [0.05, 0.1) is 15.6 Å². The van der Waals surface area contributed by atoms with Crippen LogP contribution >= 0.6 is 34.8 Å². The van der Waals surface area contributed by atoms with Crippen LogP contribution in [-0.2, 0) is 32.6 Å².